The van der Waals surface area contributed by atoms with Gasteiger partial charge in [-0.05, 0) is 11.5 Å². The van der Waals surface area contributed by atoms with Crippen LogP contribution in [0, 0.1) is 0 Å². The van der Waals surface area contributed by atoms with E-state index in [1.165, 1.54) is 0 Å². The molecule has 2 heterocycles. The molecule has 0 spiro atoms. The number of nitrogens with one attached hydrogen (secondary N) is 2. The van der Waals surface area contributed by atoms with Crippen molar-refractivity contribution in [2.75, 3.05) is 17.6 Å². The van der Waals surface area contributed by atoms with Crippen LogP contribution in [0.25, 0.3) is 0 Å². The molecule has 7 nitrogen and oxygen atoms in total. The van der Waals surface area contributed by atoms with Crippen LogP contribution < -0.4 is 16.8 Å². The number of H-pyrrole nitrogens is 1. The standard InChI is InChI=1S/C9H12N6OS/c10-7-6(8(11)16)9(17-15-7)13-2-1-5-3-12-4-14-5/h3-4,13H,1-2H2,(H2,10,15)(H2,11,16)(H,12,14). The van der Waals surface area contributed by atoms with Gasteiger partial charge < -0.3 is 21.8 Å². The fraction of sp³-hybridized carbons (Fsp3) is 0.222. The number of nitrogen functional groups attached to an aromatic ring is 1. The topological polar surface area (TPSA) is 123 Å². The molecule has 8 heteroatoms. The third-order valence-electron chi connectivity index (χ3n) is 2.20. The summed E-state index contributed by atoms with van der Waals surface area (Å²) in [6.45, 7) is 0.643. The SMILES string of the molecule is NC(=O)c1c(N)nsc1NCCc1cnc[nH]1. The number of hydrogen-bond acceptors (Lipinski definition) is 6. The highest BCUT2D eigenvalue weighted by Gasteiger charge is 2.15. The van der Waals surface area contributed by atoms with E-state index in [4.69, 9.17) is 11.5 Å². The second-order valence-electron chi connectivity index (χ2n) is 3.39. The summed E-state index contributed by atoms with van der Waals surface area (Å²) in [5.41, 5.74) is 12.0. The number of primary amides is 1. The molecule has 2 aromatic rings. The van der Waals surface area contributed by atoms with Crippen LogP contribution in [0.3, 0.4) is 0 Å². The van der Waals surface area contributed by atoms with Crippen LogP contribution in [0.1, 0.15) is 16.1 Å². The number of carbonyl (C=O) groups excluding carboxylic acids is 1. The summed E-state index contributed by atoms with van der Waals surface area (Å²) in [5, 5.41) is 3.69. The van der Waals surface area contributed by atoms with E-state index in [0.717, 1.165) is 23.6 Å². The first-order valence-corrected chi connectivity index (χ1v) is 5.72. The zero-order valence-electron chi connectivity index (χ0n) is 8.93. The van der Waals surface area contributed by atoms with Crippen molar-refractivity contribution in [1.29, 1.82) is 0 Å². The molecule has 90 valence electrons. The maximum Gasteiger partial charge on any atom is 0.255 e. The molecule has 0 aliphatic rings. The average Bonchev–Trinajstić information content (AvgIpc) is 2.88. The van der Waals surface area contributed by atoms with E-state index in [1.807, 2.05) is 0 Å². The van der Waals surface area contributed by atoms with E-state index >= 15 is 0 Å². The number of carbonyl (C=O) groups is 1. The molecule has 0 fully saturated rings. The molecule has 0 radical (unpaired) electrons. The Hall–Kier alpha value is -2.09. The van der Waals surface area contributed by atoms with Crippen LogP contribution in [0.5, 0.6) is 0 Å². The zero-order valence-corrected chi connectivity index (χ0v) is 9.75. The molecule has 17 heavy (non-hydrogen) atoms. The monoisotopic (exact) mass is 252 g/mol. The molecular weight excluding hydrogens is 240 g/mol. The Labute approximate surface area is 101 Å². The van der Waals surface area contributed by atoms with Crippen molar-refractivity contribution in [2.24, 2.45) is 5.73 Å². The fourth-order valence-electron chi connectivity index (χ4n) is 1.39. The smallest absolute Gasteiger partial charge is 0.255 e. The normalized spacial score (nSPS) is 10.4. The fourth-order valence-corrected chi connectivity index (χ4v) is 2.14. The Kier molecular flexibility index (Phi) is 3.24. The van der Waals surface area contributed by atoms with Crippen molar-refractivity contribution >= 4 is 28.3 Å². The third-order valence-corrected chi connectivity index (χ3v) is 3.02. The third kappa shape index (κ3) is 2.53. The molecule has 6 N–H and O–H groups in total. The van der Waals surface area contributed by atoms with Gasteiger partial charge in [0.2, 0.25) is 0 Å². The van der Waals surface area contributed by atoms with Crippen LogP contribution in [-0.2, 0) is 6.42 Å². The lowest BCUT2D eigenvalue weighted by molar-refractivity contribution is 0.100. The quantitative estimate of drug-likeness (QED) is 0.605. The molecular formula is C9H12N6OS. The Morgan fingerprint density at radius 1 is 1.59 bits per heavy atom. The van der Waals surface area contributed by atoms with E-state index < -0.39 is 5.91 Å². The van der Waals surface area contributed by atoms with E-state index in [0.29, 0.717) is 11.5 Å². The number of imidazole rings is 1. The van der Waals surface area contributed by atoms with Crippen LogP contribution in [-0.4, -0.2) is 26.8 Å². The Balaban J connectivity index is 1.97. The highest BCUT2D eigenvalue weighted by atomic mass is 32.1. The minimum atomic E-state index is -0.569. The number of amides is 1. The average molecular weight is 252 g/mol. The van der Waals surface area contributed by atoms with Gasteiger partial charge >= 0.3 is 0 Å². The summed E-state index contributed by atoms with van der Waals surface area (Å²) in [7, 11) is 0. The van der Waals surface area contributed by atoms with E-state index in [-0.39, 0.29) is 11.4 Å². The van der Waals surface area contributed by atoms with Crippen molar-refractivity contribution in [3.8, 4) is 0 Å². The van der Waals surface area contributed by atoms with E-state index in [9.17, 15) is 4.79 Å². The summed E-state index contributed by atoms with van der Waals surface area (Å²) in [4.78, 5) is 18.0. The van der Waals surface area contributed by atoms with Gasteiger partial charge in [-0.1, -0.05) is 0 Å². The van der Waals surface area contributed by atoms with Crippen LogP contribution >= 0.6 is 11.5 Å². The summed E-state index contributed by atoms with van der Waals surface area (Å²) in [5.74, 6) is -0.396. The van der Waals surface area contributed by atoms with Crippen molar-refractivity contribution in [2.45, 2.75) is 6.42 Å². The number of aromatic nitrogens is 3. The van der Waals surface area contributed by atoms with Gasteiger partial charge in [-0.2, -0.15) is 4.37 Å². The molecule has 0 atom stereocenters. The lowest BCUT2D eigenvalue weighted by Crippen LogP contribution is -2.15. The van der Waals surface area contributed by atoms with E-state index in [1.54, 1.807) is 12.5 Å². The lowest BCUT2D eigenvalue weighted by Gasteiger charge is -2.03. The first-order chi connectivity index (χ1) is 8.18. The first kappa shape index (κ1) is 11.4. The number of nitrogens with zero attached hydrogens (tertiary/aromatic N) is 2. The predicted molar refractivity (Wildman–Crippen MR) is 65.8 cm³/mol. The number of anilines is 2. The Morgan fingerprint density at radius 2 is 2.41 bits per heavy atom. The second kappa shape index (κ2) is 4.83. The van der Waals surface area contributed by atoms with Crippen molar-refractivity contribution in [3.63, 3.8) is 0 Å². The van der Waals surface area contributed by atoms with Gasteiger partial charge in [0.1, 0.15) is 10.6 Å². The van der Waals surface area contributed by atoms with Gasteiger partial charge in [0.15, 0.2) is 5.82 Å². The zero-order chi connectivity index (χ0) is 12.3. The summed E-state index contributed by atoms with van der Waals surface area (Å²) in [6.07, 6.45) is 4.13. The molecule has 0 saturated carbocycles. The Bertz CT molecular complexity index is 506. The molecule has 2 aromatic heterocycles. The number of rotatable bonds is 5. The van der Waals surface area contributed by atoms with Crippen LogP contribution in [0.2, 0.25) is 0 Å². The Morgan fingerprint density at radius 3 is 3.06 bits per heavy atom. The second-order valence-corrected chi connectivity index (χ2v) is 4.16. The molecule has 1 amide bonds. The largest absolute Gasteiger partial charge is 0.382 e. The van der Waals surface area contributed by atoms with Gasteiger partial charge in [-0.15, -0.1) is 0 Å². The summed E-state index contributed by atoms with van der Waals surface area (Å²) < 4.78 is 3.89. The molecule has 0 unspecified atom stereocenters. The highest BCUT2D eigenvalue weighted by Crippen LogP contribution is 2.25. The molecule has 0 aliphatic heterocycles. The van der Waals surface area contributed by atoms with Gasteiger partial charge in [0.25, 0.3) is 5.91 Å². The molecule has 0 saturated heterocycles. The highest BCUT2D eigenvalue weighted by molar-refractivity contribution is 7.11. The van der Waals surface area contributed by atoms with Crippen LogP contribution in [0.15, 0.2) is 12.5 Å². The number of nitrogens with two attached hydrogens (primary N) is 2. The summed E-state index contributed by atoms with van der Waals surface area (Å²) >= 11 is 1.13. The van der Waals surface area contributed by atoms with Gasteiger partial charge in [-0.3, -0.25) is 4.79 Å². The number of aromatic amines is 1. The lowest BCUT2D eigenvalue weighted by atomic mass is 10.3. The van der Waals surface area contributed by atoms with Crippen molar-refractivity contribution in [3.05, 3.63) is 23.8 Å². The van der Waals surface area contributed by atoms with Gasteiger partial charge in [-0.25, -0.2) is 4.98 Å². The van der Waals surface area contributed by atoms with Gasteiger partial charge in [0, 0.05) is 24.9 Å². The first-order valence-electron chi connectivity index (χ1n) is 4.94. The summed E-state index contributed by atoms with van der Waals surface area (Å²) in [6, 6.07) is 0. The predicted octanol–water partition coefficient (Wildman–Crippen LogP) is 0.202. The van der Waals surface area contributed by atoms with Crippen molar-refractivity contribution in [1.82, 2.24) is 14.3 Å². The minimum Gasteiger partial charge on any atom is -0.382 e. The molecule has 2 rings (SSSR count). The maximum absolute atomic E-state index is 11.1. The number of hydrogen-bond donors (Lipinski definition) is 4. The molecule has 0 bridgehead atoms. The maximum atomic E-state index is 11.1. The van der Waals surface area contributed by atoms with Crippen LogP contribution in [0.4, 0.5) is 10.8 Å². The van der Waals surface area contributed by atoms with Gasteiger partial charge in [0.05, 0.1) is 6.33 Å². The molecule has 0 aliphatic carbocycles. The molecule has 0 aromatic carbocycles. The van der Waals surface area contributed by atoms with E-state index in [2.05, 4.69) is 19.7 Å². The minimum absolute atomic E-state index is 0.173. The van der Waals surface area contributed by atoms with Crippen molar-refractivity contribution < 1.29 is 4.79 Å².